The fourth-order valence-electron chi connectivity index (χ4n) is 9.30. The van der Waals surface area contributed by atoms with Gasteiger partial charge in [-0.3, -0.25) is 4.98 Å². The van der Waals surface area contributed by atoms with E-state index < -0.39 is 5.41 Å². The molecule has 0 fully saturated rings. The van der Waals surface area contributed by atoms with Gasteiger partial charge in [0.2, 0.25) is 0 Å². The number of pyridine rings is 1. The van der Waals surface area contributed by atoms with Gasteiger partial charge in [-0.2, -0.15) is 0 Å². The Hall–Kier alpha value is -7.03. The van der Waals surface area contributed by atoms with Gasteiger partial charge in [0.05, 0.1) is 17.3 Å². The summed E-state index contributed by atoms with van der Waals surface area (Å²) in [7, 11) is 0. The molecule has 0 atom stereocenters. The molecule has 2 heteroatoms. The van der Waals surface area contributed by atoms with Crippen LogP contribution in [0, 0.1) is 0 Å². The van der Waals surface area contributed by atoms with Crippen LogP contribution in [0.1, 0.15) is 22.3 Å². The maximum absolute atomic E-state index is 4.44. The van der Waals surface area contributed by atoms with Crippen LogP contribution < -0.4 is 4.90 Å². The van der Waals surface area contributed by atoms with Gasteiger partial charge in [-0.05, 0) is 126 Å². The standard InChI is InChI=1S/C52H34N2/c1-2-16-40(17-3-1)54(42-19-12-30-53-34-42)41-18-10-15-37(31-41)35-26-28-36(29-27-35)43-22-11-23-46-47-32-38-13-4-5-14-39(38)33-50(47)52(51(43)46)48-24-8-6-20-44(48)45-21-7-9-25-49(45)52/h1-34H. The van der Waals surface area contributed by atoms with E-state index in [1.54, 1.807) is 0 Å². The zero-order chi connectivity index (χ0) is 35.6. The third kappa shape index (κ3) is 4.44. The molecule has 8 aromatic carbocycles. The lowest BCUT2D eigenvalue weighted by atomic mass is 9.68. The van der Waals surface area contributed by atoms with E-state index in [1.807, 2.05) is 18.5 Å². The Morgan fingerprint density at radius 2 is 0.944 bits per heavy atom. The molecule has 0 radical (unpaired) electrons. The Morgan fingerprint density at radius 3 is 1.69 bits per heavy atom. The Morgan fingerprint density at radius 1 is 0.352 bits per heavy atom. The predicted octanol–water partition coefficient (Wildman–Crippen LogP) is 13.4. The van der Waals surface area contributed by atoms with Crippen LogP contribution in [0.15, 0.2) is 207 Å². The van der Waals surface area contributed by atoms with Crippen molar-refractivity contribution in [1.82, 2.24) is 4.98 Å². The number of fused-ring (bicyclic) bond motifs is 11. The summed E-state index contributed by atoms with van der Waals surface area (Å²) in [5.74, 6) is 0. The van der Waals surface area contributed by atoms with Crippen molar-refractivity contribution in [3.05, 3.63) is 229 Å². The third-order valence-electron chi connectivity index (χ3n) is 11.5. The molecule has 1 aromatic heterocycles. The largest absolute Gasteiger partial charge is 0.309 e. The highest BCUT2D eigenvalue weighted by molar-refractivity contribution is 6.02. The Labute approximate surface area is 315 Å². The Balaban J connectivity index is 1.08. The minimum Gasteiger partial charge on any atom is -0.309 e. The van der Waals surface area contributed by atoms with Crippen molar-refractivity contribution in [2.24, 2.45) is 0 Å². The molecule has 2 nitrogen and oxygen atoms in total. The molecule has 2 aliphatic rings. The molecule has 0 unspecified atom stereocenters. The molecular weight excluding hydrogens is 653 g/mol. The number of aromatic nitrogens is 1. The van der Waals surface area contributed by atoms with Gasteiger partial charge in [-0.1, -0.05) is 146 Å². The lowest BCUT2D eigenvalue weighted by Crippen LogP contribution is -2.26. The van der Waals surface area contributed by atoms with Crippen molar-refractivity contribution < 1.29 is 0 Å². The second-order valence-electron chi connectivity index (χ2n) is 14.3. The Bertz CT molecular complexity index is 2790. The van der Waals surface area contributed by atoms with E-state index in [0.717, 1.165) is 22.6 Å². The van der Waals surface area contributed by atoms with E-state index in [4.69, 9.17) is 0 Å². The number of hydrogen-bond acceptors (Lipinski definition) is 2. The summed E-state index contributed by atoms with van der Waals surface area (Å²) in [6.07, 6.45) is 3.74. The number of rotatable bonds is 5. The van der Waals surface area contributed by atoms with Crippen LogP contribution in [0.3, 0.4) is 0 Å². The molecule has 1 heterocycles. The van der Waals surface area contributed by atoms with E-state index in [2.05, 4.69) is 198 Å². The maximum Gasteiger partial charge on any atom is 0.0731 e. The molecule has 0 aliphatic heterocycles. The minimum atomic E-state index is -0.432. The van der Waals surface area contributed by atoms with Crippen LogP contribution in [0.25, 0.3) is 55.3 Å². The normalized spacial score (nSPS) is 13.0. The number of nitrogens with zero attached hydrogens (tertiary/aromatic N) is 2. The molecule has 11 rings (SSSR count). The van der Waals surface area contributed by atoms with Gasteiger partial charge in [-0.25, -0.2) is 0 Å². The van der Waals surface area contributed by atoms with Crippen LogP contribution in [0.5, 0.6) is 0 Å². The molecule has 0 saturated carbocycles. The van der Waals surface area contributed by atoms with Crippen molar-refractivity contribution in [1.29, 1.82) is 0 Å². The lowest BCUT2D eigenvalue weighted by Gasteiger charge is -2.32. The average molecular weight is 687 g/mol. The summed E-state index contributed by atoms with van der Waals surface area (Å²) in [4.78, 5) is 6.70. The van der Waals surface area contributed by atoms with E-state index >= 15 is 0 Å². The molecule has 9 aromatic rings. The van der Waals surface area contributed by atoms with Gasteiger partial charge < -0.3 is 4.90 Å². The van der Waals surface area contributed by atoms with Crippen molar-refractivity contribution in [3.63, 3.8) is 0 Å². The van der Waals surface area contributed by atoms with Crippen LogP contribution in [0.2, 0.25) is 0 Å². The second-order valence-corrected chi connectivity index (χ2v) is 14.3. The van der Waals surface area contributed by atoms with Gasteiger partial charge in [0.15, 0.2) is 0 Å². The summed E-state index contributed by atoms with van der Waals surface area (Å²) in [6, 6.07) is 71.3. The SMILES string of the molecule is c1ccc(N(c2cccnc2)c2cccc(-c3ccc(-c4cccc5c4C4(c6ccccc6-c6ccccc64)c4cc6ccccc6cc4-5)cc3)c2)cc1. The average Bonchev–Trinajstić information content (AvgIpc) is 3.71. The molecule has 1 spiro atoms. The molecule has 0 saturated heterocycles. The van der Waals surface area contributed by atoms with Crippen LogP contribution >= 0.6 is 0 Å². The molecule has 0 N–H and O–H groups in total. The van der Waals surface area contributed by atoms with Crippen LogP contribution in [-0.4, -0.2) is 4.98 Å². The van der Waals surface area contributed by atoms with Crippen molar-refractivity contribution >= 4 is 27.8 Å². The zero-order valence-corrected chi connectivity index (χ0v) is 29.5. The first kappa shape index (κ1) is 30.6. The van der Waals surface area contributed by atoms with Gasteiger partial charge in [-0.15, -0.1) is 0 Å². The fourth-order valence-corrected chi connectivity index (χ4v) is 9.30. The molecule has 252 valence electrons. The minimum absolute atomic E-state index is 0.432. The highest BCUT2D eigenvalue weighted by Gasteiger charge is 2.52. The predicted molar refractivity (Wildman–Crippen MR) is 224 cm³/mol. The molecule has 0 amide bonds. The quantitative estimate of drug-likeness (QED) is 0.179. The number of hydrogen-bond donors (Lipinski definition) is 0. The Kier molecular flexibility index (Phi) is 6.80. The van der Waals surface area contributed by atoms with Gasteiger partial charge in [0.1, 0.15) is 0 Å². The van der Waals surface area contributed by atoms with Gasteiger partial charge >= 0.3 is 0 Å². The van der Waals surface area contributed by atoms with Gasteiger partial charge in [0.25, 0.3) is 0 Å². The summed E-state index contributed by atoms with van der Waals surface area (Å²) in [5, 5.41) is 2.54. The maximum atomic E-state index is 4.44. The van der Waals surface area contributed by atoms with Crippen LogP contribution in [-0.2, 0) is 5.41 Å². The monoisotopic (exact) mass is 686 g/mol. The number of benzene rings is 8. The zero-order valence-electron chi connectivity index (χ0n) is 29.5. The lowest BCUT2D eigenvalue weighted by molar-refractivity contribution is 0.797. The summed E-state index contributed by atoms with van der Waals surface area (Å²) < 4.78 is 0. The van der Waals surface area contributed by atoms with E-state index in [9.17, 15) is 0 Å². The van der Waals surface area contributed by atoms with Crippen molar-refractivity contribution in [2.75, 3.05) is 4.90 Å². The summed E-state index contributed by atoms with van der Waals surface area (Å²) in [6.45, 7) is 0. The third-order valence-corrected chi connectivity index (χ3v) is 11.5. The topological polar surface area (TPSA) is 16.1 Å². The van der Waals surface area contributed by atoms with E-state index in [0.29, 0.717) is 0 Å². The van der Waals surface area contributed by atoms with E-state index in [1.165, 1.54) is 72.0 Å². The summed E-state index contributed by atoms with van der Waals surface area (Å²) >= 11 is 0. The number of para-hydroxylation sites is 1. The van der Waals surface area contributed by atoms with Crippen LogP contribution in [0.4, 0.5) is 17.1 Å². The van der Waals surface area contributed by atoms with Crippen molar-refractivity contribution in [3.8, 4) is 44.5 Å². The first-order valence-corrected chi connectivity index (χ1v) is 18.6. The molecule has 2 aliphatic carbocycles. The smallest absolute Gasteiger partial charge is 0.0731 e. The molecule has 0 bridgehead atoms. The van der Waals surface area contributed by atoms with Crippen molar-refractivity contribution in [2.45, 2.75) is 5.41 Å². The fraction of sp³-hybridized carbons (Fsp3) is 0.0192. The first-order chi connectivity index (χ1) is 26.8. The summed E-state index contributed by atoms with van der Waals surface area (Å²) in [5.41, 5.74) is 18.3. The van der Waals surface area contributed by atoms with Gasteiger partial charge in [0, 0.05) is 17.6 Å². The first-order valence-electron chi connectivity index (χ1n) is 18.6. The number of anilines is 3. The van der Waals surface area contributed by atoms with E-state index in [-0.39, 0.29) is 0 Å². The highest BCUT2D eigenvalue weighted by atomic mass is 15.1. The molecular formula is C52H34N2. The molecule has 54 heavy (non-hydrogen) atoms. The highest BCUT2D eigenvalue weighted by Crippen LogP contribution is 2.64. The second kappa shape index (κ2) is 12.0.